The number of ether oxygens (including phenoxy) is 1. The molecular weight excluding hydrogens is 387 g/mol. The van der Waals surface area contributed by atoms with Gasteiger partial charge < -0.3 is 4.74 Å². The van der Waals surface area contributed by atoms with Crippen LogP contribution in [0.4, 0.5) is 4.39 Å². The number of carbonyl (C=O) groups excluding carboxylic acids is 1. The van der Waals surface area contributed by atoms with Crippen LogP contribution in [0.15, 0.2) is 85.5 Å². The molecule has 2 nitrogen and oxygen atoms in total. The summed E-state index contributed by atoms with van der Waals surface area (Å²) in [6.45, 7) is 3.77. The zero-order valence-electron chi connectivity index (χ0n) is 17.6. The highest BCUT2D eigenvalue weighted by Crippen LogP contribution is 2.46. The smallest absolute Gasteiger partial charge is 0.201 e. The number of hydrogen-bond acceptors (Lipinski definition) is 2. The number of methoxy groups -OCH3 is 1. The second-order valence-electron chi connectivity index (χ2n) is 7.82. The van der Waals surface area contributed by atoms with E-state index in [-0.39, 0.29) is 0 Å². The molecule has 0 heterocycles. The fraction of sp³-hybridized carbons (Fsp3) is 0.179. The molecule has 0 bridgehead atoms. The van der Waals surface area contributed by atoms with Crippen molar-refractivity contribution in [2.45, 2.75) is 24.4 Å². The summed E-state index contributed by atoms with van der Waals surface area (Å²) in [5, 5.41) is 0. The van der Waals surface area contributed by atoms with E-state index in [0.29, 0.717) is 17.6 Å². The Labute approximate surface area is 182 Å². The zero-order valence-corrected chi connectivity index (χ0v) is 17.6. The van der Waals surface area contributed by atoms with Crippen molar-refractivity contribution in [3.05, 3.63) is 108 Å². The third-order valence-electron chi connectivity index (χ3n) is 5.96. The average molecular weight is 413 g/mol. The maximum atomic E-state index is 16.1. The Bertz CT molecular complexity index is 1110. The van der Waals surface area contributed by atoms with Crippen molar-refractivity contribution in [1.82, 2.24) is 0 Å². The van der Waals surface area contributed by atoms with Gasteiger partial charge in [0.1, 0.15) is 5.75 Å². The number of fused-ring (bicyclic) bond motifs is 1. The van der Waals surface area contributed by atoms with Gasteiger partial charge in [-0.15, -0.1) is 6.58 Å². The van der Waals surface area contributed by atoms with Crippen LogP contribution in [-0.2, 0) is 16.9 Å². The SMILES string of the molecule is C=CCCc1ccc(-c2ccc3c(c2)C=CC(c2ccc(OC)cc2)C3(F)C=O)cc1. The summed E-state index contributed by atoms with van der Waals surface area (Å²) < 4.78 is 21.3. The molecule has 2 atom stereocenters. The lowest BCUT2D eigenvalue weighted by atomic mass is 9.74. The van der Waals surface area contributed by atoms with Gasteiger partial charge in [0.2, 0.25) is 5.67 Å². The monoisotopic (exact) mass is 412 g/mol. The van der Waals surface area contributed by atoms with Gasteiger partial charge in [0.25, 0.3) is 0 Å². The quantitative estimate of drug-likeness (QED) is 0.321. The molecule has 3 aromatic rings. The Morgan fingerprint density at radius 1 is 1.03 bits per heavy atom. The number of halogens is 1. The Balaban J connectivity index is 1.67. The molecule has 3 aromatic carbocycles. The number of rotatable bonds is 7. The van der Waals surface area contributed by atoms with Crippen molar-refractivity contribution < 1.29 is 13.9 Å². The first-order valence-corrected chi connectivity index (χ1v) is 10.4. The molecule has 4 rings (SSSR count). The molecule has 1 aliphatic rings. The molecule has 0 saturated heterocycles. The van der Waals surface area contributed by atoms with Gasteiger partial charge in [0, 0.05) is 11.5 Å². The van der Waals surface area contributed by atoms with Gasteiger partial charge in [-0.1, -0.05) is 66.8 Å². The van der Waals surface area contributed by atoms with E-state index < -0.39 is 11.6 Å². The number of allylic oxidation sites excluding steroid dienone is 2. The standard InChI is InChI=1S/C28H25FO2/c1-3-4-5-20-6-8-21(9-7-20)23-12-16-27-24(18-23)13-17-26(28(27,29)19-30)22-10-14-25(31-2)15-11-22/h3,6-19,26H,1,4-5H2,2H3. The van der Waals surface area contributed by atoms with Crippen LogP contribution in [0.5, 0.6) is 5.75 Å². The zero-order chi connectivity index (χ0) is 21.8. The van der Waals surface area contributed by atoms with E-state index in [1.807, 2.05) is 24.3 Å². The largest absolute Gasteiger partial charge is 0.497 e. The number of hydrogen-bond donors (Lipinski definition) is 0. The van der Waals surface area contributed by atoms with Crippen molar-refractivity contribution in [2.75, 3.05) is 7.11 Å². The summed E-state index contributed by atoms with van der Waals surface area (Å²) in [6.07, 6.45) is 7.95. The van der Waals surface area contributed by atoms with E-state index in [0.717, 1.165) is 35.1 Å². The van der Waals surface area contributed by atoms with Crippen LogP contribution in [0, 0.1) is 0 Å². The summed E-state index contributed by atoms with van der Waals surface area (Å²) >= 11 is 0. The molecular formula is C28H25FO2. The van der Waals surface area contributed by atoms with Gasteiger partial charge in [-0.25, -0.2) is 4.39 Å². The van der Waals surface area contributed by atoms with Crippen LogP contribution in [-0.4, -0.2) is 13.4 Å². The highest BCUT2D eigenvalue weighted by atomic mass is 19.1. The van der Waals surface area contributed by atoms with Crippen LogP contribution in [0.25, 0.3) is 17.2 Å². The lowest BCUT2D eigenvalue weighted by Crippen LogP contribution is -2.32. The van der Waals surface area contributed by atoms with Crippen molar-refractivity contribution >= 4 is 12.4 Å². The Hall–Kier alpha value is -3.46. The Morgan fingerprint density at radius 2 is 1.74 bits per heavy atom. The maximum absolute atomic E-state index is 16.1. The van der Waals surface area contributed by atoms with Crippen molar-refractivity contribution in [2.24, 2.45) is 0 Å². The van der Waals surface area contributed by atoms with E-state index in [2.05, 4.69) is 30.8 Å². The third kappa shape index (κ3) is 3.96. The molecule has 0 radical (unpaired) electrons. The topological polar surface area (TPSA) is 26.3 Å². The summed E-state index contributed by atoms with van der Waals surface area (Å²) in [7, 11) is 1.59. The van der Waals surface area contributed by atoms with E-state index in [9.17, 15) is 4.79 Å². The molecule has 0 aliphatic heterocycles. The molecule has 0 fully saturated rings. The number of aldehydes is 1. The van der Waals surface area contributed by atoms with Gasteiger partial charge in [0.15, 0.2) is 6.29 Å². The summed E-state index contributed by atoms with van der Waals surface area (Å²) in [5.41, 5.74) is 3.06. The van der Waals surface area contributed by atoms with Crippen LogP contribution >= 0.6 is 0 Å². The van der Waals surface area contributed by atoms with Gasteiger partial charge >= 0.3 is 0 Å². The molecule has 3 heteroatoms. The molecule has 31 heavy (non-hydrogen) atoms. The van der Waals surface area contributed by atoms with Gasteiger partial charge in [-0.3, -0.25) is 4.79 Å². The fourth-order valence-electron chi connectivity index (χ4n) is 4.17. The molecule has 2 unspecified atom stereocenters. The number of benzene rings is 3. The number of carbonyl (C=O) groups is 1. The van der Waals surface area contributed by atoms with Gasteiger partial charge in [0.05, 0.1) is 7.11 Å². The summed E-state index contributed by atoms with van der Waals surface area (Å²) in [4.78, 5) is 12.0. The van der Waals surface area contributed by atoms with Crippen molar-refractivity contribution in [3.8, 4) is 16.9 Å². The fourth-order valence-corrected chi connectivity index (χ4v) is 4.17. The molecule has 0 saturated carbocycles. The van der Waals surface area contributed by atoms with Crippen LogP contribution in [0.3, 0.4) is 0 Å². The van der Waals surface area contributed by atoms with Crippen LogP contribution in [0.1, 0.15) is 34.6 Å². The molecule has 1 aliphatic carbocycles. The second-order valence-corrected chi connectivity index (χ2v) is 7.82. The first kappa shape index (κ1) is 20.8. The van der Waals surface area contributed by atoms with E-state index in [1.165, 1.54) is 5.56 Å². The maximum Gasteiger partial charge on any atom is 0.201 e. The predicted octanol–water partition coefficient (Wildman–Crippen LogP) is 6.66. The van der Waals surface area contributed by atoms with E-state index in [1.54, 1.807) is 43.5 Å². The van der Waals surface area contributed by atoms with E-state index in [4.69, 9.17) is 4.74 Å². The van der Waals surface area contributed by atoms with E-state index >= 15 is 4.39 Å². The minimum atomic E-state index is -2.12. The first-order valence-electron chi connectivity index (χ1n) is 10.4. The third-order valence-corrected chi connectivity index (χ3v) is 5.96. The molecule has 0 N–H and O–H groups in total. The minimum absolute atomic E-state index is 0.400. The lowest BCUT2D eigenvalue weighted by Gasteiger charge is -2.32. The lowest BCUT2D eigenvalue weighted by molar-refractivity contribution is -0.119. The van der Waals surface area contributed by atoms with Crippen molar-refractivity contribution in [3.63, 3.8) is 0 Å². The number of aryl methyl sites for hydroxylation is 1. The average Bonchev–Trinajstić information content (AvgIpc) is 2.83. The first-order chi connectivity index (χ1) is 15.1. The van der Waals surface area contributed by atoms with Crippen molar-refractivity contribution in [1.29, 1.82) is 0 Å². The summed E-state index contributed by atoms with van der Waals surface area (Å²) in [5.74, 6) is 0.0121. The molecule has 0 aromatic heterocycles. The molecule has 0 amide bonds. The second kappa shape index (κ2) is 8.73. The molecule has 156 valence electrons. The summed E-state index contributed by atoms with van der Waals surface area (Å²) in [6, 6.07) is 21.1. The Morgan fingerprint density at radius 3 is 2.39 bits per heavy atom. The van der Waals surface area contributed by atoms with Crippen LogP contribution in [0.2, 0.25) is 0 Å². The highest BCUT2D eigenvalue weighted by Gasteiger charge is 2.43. The minimum Gasteiger partial charge on any atom is -0.497 e. The van der Waals surface area contributed by atoms with Gasteiger partial charge in [-0.05, 0) is 58.9 Å². The number of alkyl halides is 1. The Kier molecular flexibility index (Phi) is 5.85. The normalized spacial score (nSPS) is 19.5. The van der Waals surface area contributed by atoms with Gasteiger partial charge in [-0.2, -0.15) is 0 Å². The predicted molar refractivity (Wildman–Crippen MR) is 124 cm³/mol. The van der Waals surface area contributed by atoms with Crippen LogP contribution < -0.4 is 4.74 Å². The molecule has 0 spiro atoms. The highest BCUT2D eigenvalue weighted by molar-refractivity contribution is 5.79.